The maximum atomic E-state index is 14.2. The van der Waals surface area contributed by atoms with Gasteiger partial charge < -0.3 is 24.0 Å². The molecular weight excluding hydrogens is 669 g/mol. The van der Waals surface area contributed by atoms with Gasteiger partial charge in [0, 0.05) is 66.7 Å². The molecule has 2 atom stereocenters. The zero-order valence-corrected chi connectivity index (χ0v) is 29.8. The van der Waals surface area contributed by atoms with Crippen molar-refractivity contribution < 1.29 is 28.2 Å². The Morgan fingerprint density at radius 3 is 2.43 bits per heavy atom. The SMILES string of the molecule is COc1cccc(C(=O)N(Cc2cccc(Cl)c2)C2CCCC(CN(C(=O)c3ccc(F)cc3)c3cccc(OCCN4CCOCC4)c3)C2)c1. The van der Waals surface area contributed by atoms with E-state index in [0.717, 1.165) is 57.7 Å². The Bertz CT molecular complexity index is 1770. The van der Waals surface area contributed by atoms with Crippen LogP contribution in [0.3, 0.4) is 0 Å². The smallest absolute Gasteiger partial charge is 0.258 e. The quantitative estimate of drug-likeness (QED) is 0.141. The van der Waals surface area contributed by atoms with Crippen molar-refractivity contribution in [1.82, 2.24) is 9.80 Å². The van der Waals surface area contributed by atoms with Crippen LogP contribution in [0.15, 0.2) is 97.1 Å². The van der Waals surface area contributed by atoms with E-state index in [0.29, 0.717) is 59.5 Å². The number of methoxy groups -OCH3 is 1. The van der Waals surface area contributed by atoms with Crippen molar-refractivity contribution in [1.29, 1.82) is 0 Å². The molecule has 2 aliphatic rings. The molecule has 2 amide bonds. The number of morpholine rings is 1. The van der Waals surface area contributed by atoms with E-state index in [1.165, 1.54) is 24.3 Å². The molecule has 51 heavy (non-hydrogen) atoms. The first-order valence-corrected chi connectivity index (χ1v) is 18.0. The summed E-state index contributed by atoms with van der Waals surface area (Å²) in [6.45, 7) is 5.36. The molecule has 8 nitrogen and oxygen atoms in total. The van der Waals surface area contributed by atoms with E-state index < -0.39 is 5.82 Å². The highest BCUT2D eigenvalue weighted by atomic mass is 35.5. The maximum Gasteiger partial charge on any atom is 0.258 e. The van der Waals surface area contributed by atoms with Crippen molar-refractivity contribution in [2.24, 2.45) is 5.92 Å². The summed E-state index contributed by atoms with van der Waals surface area (Å²) in [5.74, 6) is 0.693. The molecule has 1 saturated carbocycles. The van der Waals surface area contributed by atoms with E-state index in [4.69, 9.17) is 25.8 Å². The Morgan fingerprint density at radius 1 is 0.882 bits per heavy atom. The van der Waals surface area contributed by atoms with E-state index in [1.54, 1.807) is 18.1 Å². The van der Waals surface area contributed by atoms with Crippen LogP contribution in [0.5, 0.6) is 11.5 Å². The first kappa shape index (κ1) is 36.4. The average molecular weight is 714 g/mol. The second kappa shape index (κ2) is 17.7. The zero-order chi connectivity index (χ0) is 35.6. The molecule has 1 aliphatic carbocycles. The van der Waals surface area contributed by atoms with Crippen LogP contribution < -0.4 is 14.4 Å². The number of ether oxygens (including phenoxy) is 3. The van der Waals surface area contributed by atoms with Gasteiger partial charge in [-0.1, -0.05) is 42.3 Å². The van der Waals surface area contributed by atoms with Gasteiger partial charge in [-0.05, 0) is 97.5 Å². The molecule has 0 spiro atoms. The van der Waals surface area contributed by atoms with E-state index in [-0.39, 0.29) is 23.8 Å². The monoisotopic (exact) mass is 713 g/mol. The van der Waals surface area contributed by atoms with Crippen molar-refractivity contribution in [3.8, 4) is 11.5 Å². The van der Waals surface area contributed by atoms with Gasteiger partial charge in [0.25, 0.3) is 11.8 Å². The van der Waals surface area contributed by atoms with Crippen LogP contribution in [0.25, 0.3) is 0 Å². The summed E-state index contributed by atoms with van der Waals surface area (Å²) in [6, 6.07) is 28.0. The molecule has 1 aliphatic heterocycles. The van der Waals surface area contributed by atoms with Crippen LogP contribution >= 0.6 is 11.6 Å². The normalized spacial score (nSPS) is 17.8. The van der Waals surface area contributed by atoms with Gasteiger partial charge in [-0.15, -0.1) is 0 Å². The molecule has 0 radical (unpaired) electrons. The number of rotatable bonds is 13. The van der Waals surface area contributed by atoms with Crippen molar-refractivity contribution in [3.05, 3.63) is 125 Å². The highest BCUT2D eigenvalue weighted by Crippen LogP contribution is 2.33. The largest absolute Gasteiger partial charge is 0.497 e. The summed E-state index contributed by atoms with van der Waals surface area (Å²) in [4.78, 5) is 34.4. The third-order valence-corrected chi connectivity index (χ3v) is 9.94. The minimum atomic E-state index is -0.399. The molecule has 6 rings (SSSR count). The number of halogens is 2. The molecule has 268 valence electrons. The highest BCUT2D eigenvalue weighted by molar-refractivity contribution is 6.30. The second-order valence-electron chi connectivity index (χ2n) is 13.2. The Balaban J connectivity index is 1.23. The summed E-state index contributed by atoms with van der Waals surface area (Å²) in [5, 5.41) is 0.616. The van der Waals surface area contributed by atoms with Crippen molar-refractivity contribution in [3.63, 3.8) is 0 Å². The molecule has 1 heterocycles. The summed E-state index contributed by atoms with van der Waals surface area (Å²) >= 11 is 6.36. The fourth-order valence-corrected chi connectivity index (χ4v) is 7.22. The maximum absolute atomic E-state index is 14.2. The number of amides is 2. The number of carbonyl (C=O) groups is 2. The minimum Gasteiger partial charge on any atom is -0.497 e. The lowest BCUT2D eigenvalue weighted by Gasteiger charge is -2.39. The third-order valence-electron chi connectivity index (χ3n) is 9.70. The van der Waals surface area contributed by atoms with Crippen LogP contribution in [0.4, 0.5) is 10.1 Å². The van der Waals surface area contributed by atoms with E-state index in [9.17, 15) is 14.0 Å². The Morgan fingerprint density at radius 2 is 1.65 bits per heavy atom. The van der Waals surface area contributed by atoms with E-state index in [2.05, 4.69) is 4.90 Å². The lowest BCUT2D eigenvalue weighted by atomic mass is 9.84. The van der Waals surface area contributed by atoms with Crippen LogP contribution in [0.2, 0.25) is 5.02 Å². The average Bonchev–Trinajstić information content (AvgIpc) is 3.16. The van der Waals surface area contributed by atoms with Gasteiger partial charge >= 0.3 is 0 Å². The third kappa shape index (κ3) is 9.88. The first-order valence-electron chi connectivity index (χ1n) is 17.7. The number of carbonyl (C=O) groups excluding carboxylic acids is 2. The van der Waals surface area contributed by atoms with Crippen LogP contribution in [0.1, 0.15) is 52.0 Å². The molecule has 2 fully saturated rings. The number of hydrogen-bond donors (Lipinski definition) is 0. The molecule has 4 aromatic rings. The van der Waals surface area contributed by atoms with E-state index >= 15 is 0 Å². The number of anilines is 1. The predicted molar refractivity (Wildman–Crippen MR) is 197 cm³/mol. The van der Waals surface area contributed by atoms with Gasteiger partial charge in [0.15, 0.2) is 0 Å². The summed E-state index contributed by atoms with van der Waals surface area (Å²) < 4.78 is 30.9. The minimum absolute atomic E-state index is 0.0703. The molecule has 0 N–H and O–H groups in total. The van der Waals surface area contributed by atoms with Crippen LogP contribution in [-0.2, 0) is 11.3 Å². The van der Waals surface area contributed by atoms with Crippen LogP contribution in [-0.4, -0.2) is 80.8 Å². The van der Waals surface area contributed by atoms with Gasteiger partial charge in [0.2, 0.25) is 0 Å². The number of hydrogen-bond acceptors (Lipinski definition) is 6. The molecule has 2 unspecified atom stereocenters. The van der Waals surface area contributed by atoms with Crippen molar-refractivity contribution in [2.75, 3.05) is 58.0 Å². The standard InChI is InChI=1S/C41H45ClFN3O5/c1-49-38-12-4-8-33(26-38)41(48)45(28-30-6-2-9-34(42)24-30)36-10-3-7-31(25-36)29-46(40(47)32-14-16-35(43)17-15-32)37-11-5-13-39(27-37)51-23-20-44-18-21-50-22-19-44/h2,4-6,8-9,11-17,24,26-27,31,36H,3,7,10,18-23,25,28-29H2,1H3. The predicted octanol–water partition coefficient (Wildman–Crippen LogP) is 7.75. The molecular formula is C41H45ClFN3O5. The highest BCUT2D eigenvalue weighted by Gasteiger charge is 2.33. The lowest BCUT2D eigenvalue weighted by molar-refractivity contribution is 0.0322. The van der Waals surface area contributed by atoms with Crippen molar-refractivity contribution >= 4 is 29.1 Å². The molecule has 4 aromatic carbocycles. The summed E-state index contributed by atoms with van der Waals surface area (Å²) in [6.07, 6.45) is 3.35. The van der Waals surface area contributed by atoms with Gasteiger partial charge in [-0.3, -0.25) is 14.5 Å². The fourth-order valence-electron chi connectivity index (χ4n) is 7.00. The Labute approximate surface area is 304 Å². The summed E-state index contributed by atoms with van der Waals surface area (Å²) in [7, 11) is 1.59. The Hall–Kier alpha value is -4.44. The van der Waals surface area contributed by atoms with Crippen LogP contribution in [0, 0.1) is 11.7 Å². The second-order valence-corrected chi connectivity index (χ2v) is 13.6. The van der Waals surface area contributed by atoms with Crippen molar-refractivity contribution in [2.45, 2.75) is 38.3 Å². The molecule has 10 heteroatoms. The zero-order valence-electron chi connectivity index (χ0n) is 29.0. The van der Waals surface area contributed by atoms with E-state index in [1.807, 2.05) is 71.6 Å². The lowest BCUT2D eigenvalue weighted by Crippen LogP contribution is -2.45. The topological polar surface area (TPSA) is 71.5 Å². The van der Waals surface area contributed by atoms with Gasteiger partial charge in [0.05, 0.1) is 20.3 Å². The van der Waals surface area contributed by atoms with Gasteiger partial charge in [0.1, 0.15) is 23.9 Å². The fraction of sp³-hybridized carbons (Fsp3) is 0.366. The van der Waals surface area contributed by atoms with Gasteiger partial charge in [-0.2, -0.15) is 0 Å². The Kier molecular flexibility index (Phi) is 12.6. The molecule has 0 aromatic heterocycles. The summed E-state index contributed by atoms with van der Waals surface area (Å²) in [5.41, 5.74) is 2.60. The number of nitrogens with zero attached hydrogens (tertiary/aromatic N) is 3. The van der Waals surface area contributed by atoms with Gasteiger partial charge in [-0.25, -0.2) is 4.39 Å². The first-order chi connectivity index (χ1) is 24.9. The number of benzene rings is 4. The molecule has 0 bridgehead atoms. The molecule has 1 saturated heterocycles.